The van der Waals surface area contributed by atoms with Crippen molar-refractivity contribution in [3.63, 3.8) is 0 Å². The summed E-state index contributed by atoms with van der Waals surface area (Å²) in [5.74, 6) is 0.283. The molecule has 1 N–H and O–H groups in total. The average Bonchev–Trinajstić information content (AvgIpc) is 3.26. The zero-order valence-electron chi connectivity index (χ0n) is 19.7. The van der Waals surface area contributed by atoms with Gasteiger partial charge in [-0.05, 0) is 74.5 Å². The Labute approximate surface area is 199 Å². The number of benzene rings is 1. The summed E-state index contributed by atoms with van der Waals surface area (Å²) >= 11 is 1.70. The van der Waals surface area contributed by atoms with Gasteiger partial charge in [0.25, 0.3) is 0 Å². The number of rotatable bonds is 12. The predicted octanol–water partition coefficient (Wildman–Crippen LogP) is 3.89. The third kappa shape index (κ3) is 7.50. The quantitative estimate of drug-likeness (QED) is 0.502. The molecule has 182 valence electrons. The van der Waals surface area contributed by atoms with Gasteiger partial charge in [-0.1, -0.05) is 6.92 Å². The molecule has 0 fully saturated rings. The first-order valence-electron chi connectivity index (χ1n) is 11.6. The molecule has 0 aliphatic carbocycles. The monoisotopic (exact) mass is 478 g/mol. The number of carbonyl (C=O) groups is 1. The van der Waals surface area contributed by atoms with E-state index in [1.165, 1.54) is 17.0 Å². The van der Waals surface area contributed by atoms with Gasteiger partial charge >= 0.3 is 0 Å². The van der Waals surface area contributed by atoms with Crippen molar-refractivity contribution in [3.05, 3.63) is 52.0 Å². The Bertz CT molecular complexity index is 874. The molecule has 1 amide bonds. The summed E-state index contributed by atoms with van der Waals surface area (Å²) in [6, 6.07) is 7.80. The fourth-order valence-electron chi connectivity index (χ4n) is 4.07. The summed E-state index contributed by atoms with van der Waals surface area (Å²) in [5, 5.41) is 12.4. The van der Waals surface area contributed by atoms with E-state index in [0.717, 1.165) is 24.9 Å². The summed E-state index contributed by atoms with van der Waals surface area (Å²) in [5.41, 5.74) is 1.12. The Morgan fingerprint density at radius 3 is 2.76 bits per heavy atom. The molecular formula is C25H35FN2O4S. The molecule has 3 rings (SSSR count). The van der Waals surface area contributed by atoms with Crippen LogP contribution in [0.3, 0.4) is 0 Å². The maximum Gasteiger partial charge on any atom is 0.237 e. The minimum atomic E-state index is -0.644. The van der Waals surface area contributed by atoms with Gasteiger partial charge in [-0.3, -0.25) is 9.69 Å². The normalized spacial score (nSPS) is 16.8. The summed E-state index contributed by atoms with van der Waals surface area (Å²) in [6.45, 7) is 8.46. The van der Waals surface area contributed by atoms with E-state index in [4.69, 9.17) is 9.47 Å². The molecule has 0 bridgehead atoms. The largest absolute Gasteiger partial charge is 0.491 e. The van der Waals surface area contributed by atoms with Gasteiger partial charge in [-0.15, -0.1) is 11.3 Å². The van der Waals surface area contributed by atoms with E-state index in [9.17, 15) is 14.3 Å². The Morgan fingerprint density at radius 2 is 2.06 bits per heavy atom. The van der Waals surface area contributed by atoms with Crippen molar-refractivity contribution < 1.29 is 23.8 Å². The van der Waals surface area contributed by atoms with Gasteiger partial charge in [-0.25, -0.2) is 4.39 Å². The van der Waals surface area contributed by atoms with Crippen molar-refractivity contribution in [1.82, 2.24) is 9.80 Å². The molecule has 2 heterocycles. The Kier molecular flexibility index (Phi) is 9.67. The number of aliphatic hydroxyl groups is 1. The van der Waals surface area contributed by atoms with Gasteiger partial charge in [0, 0.05) is 18.0 Å². The lowest BCUT2D eigenvalue weighted by atomic mass is 10.0. The van der Waals surface area contributed by atoms with Crippen LogP contribution in [0.1, 0.15) is 43.7 Å². The first kappa shape index (κ1) is 25.6. The molecule has 8 heteroatoms. The molecule has 1 aromatic heterocycles. The smallest absolute Gasteiger partial charge is 0.237 e. The lowest BCUT2D eigenvalue weighted by Gasteiger charge is -2.37. The predicted molar refractivity (Wildman–Crippen MR) is 128 cm³/mol. The SMILES string of the molecule is CCCN(CC(=O)N1CCc2sccc2[C@H]1COc1ccc(F)cc1)C[C@H](O)COC(C)C. The van der Waals surface area contributed by atoms with Crippen LogP contribution in [0, 0.1) is 5.82 Å². The number of nitrogens with zero attached hydrogens (tertiary/aromatic N) is 2. The van der Waals surface area contributed by atoms with E-state index in [1.807, 2.05) is 23.6 Å². The van der Waals surface area contributed by atoms with E-state index < -0.39 is 6.10 Å². The molecule has 0 saturated carbocycles. The summed E-state index contributed by atoms with van der Waals surface area (Å²) in [4.78, 5) is 18.6. The van der Waals surface area contributed by atoms with Crippen LogP contribution in [-0.2, 0) is 16.0 Å². The number of ether oxygens (including phenoxy) is 2. The van der Waals surface area contributed by atoms with Crippen LogP contribution in [0.4, 0.5) is 4.39 Å². The van der Waals surface area contributed by atoms with Crippen molar-refractivity contribution in [3.8, 4) is 5.75 Å². The maximum atomic E-state index is 13.4. The number of hydrogen-bond acceptors (Lipinski definition) is 6. The first-order valence-corrected chi connectivity index (χ1v) is 12.5. The Balaban J connectivity index is 1.67. The number of carbonyl (C=O) groups excluding carboxylic acids is 1. The second-order valence-electron chi connectivity index (χ2n) is 8.69. The van der Waals surface area contributed by atoms with Crippen molar-refractivity contribution in [1.29, 1.82) is 0 Å². The topological polar surface area (TPSA) is 62.2 Å². The second kappa shape index (κ2) is 12.5. The van der Waals surface area contributed by atoms with Crippen molar-refractivity contribution in [2.24, 2.45) is 0 Å². The van der Waals surface area contributed by atoms with Crippen LogP contribution < -0.4 is 4.74 Å². The van der Waals surface area contributed by atoms with Crippen molar-refractivity contribution in [2.45, 2.75) is 51.9 Å². The van der Waals surface area contributed by atoms with Gasteiger partial charge in [-0.2, -0.15) is 0 Å². The number of fused-ring (bicyclic) bond motifs is 1. The average molecular weight is 479 g/mol. The van der Waals surface area contributed by atoms with E-state index >= 15 is 0 Å². The third-order valence-corrected chi connectivity index (χ3v) is 6.62. The number of aliphatic hydroxyl groups excluding tert-OH is 1. The van der Waals surface area contributed by atoms with E-state index in [1.54, 1.807) is 23.5 Å². The second-order valence-corrected chi connectivity index (χ2v) is 9.69. The lowest BCUT2D eigenvalue weighted by Crippen LogP contribution is -2.48. The fraction of sp³-hybridized carbons (Fsp3) is 0.560. The Hall–Kier alpha value is -2.00. The highest BCUT2D eigenvalue weighted by Gasteiger charge is 2.33. The highest BCUT2D eigenvalue weighted by Crippen LogP contribution is 2.34. The molecule has 1 aromatic carbocycles. The van der Waals surface area contributed by atoms with Gasteiger partial charge in [0.1, 0.15) is 18.2 Å². The van der Waals surface area contributed by atoms with E-state index in [2.05, 4.69) is 18.4 Å². The van der Waals surface area contributed by atoms with Gasteiger partial charge < -0.3 is 19.5 Å². The fourth-order valence-corrected chi connectivity index (χ4v) is 5.00. The highest BCUT2D eigenvalue weighted by molar-refractivity contribution is 7.10. The summed E-state index contributed by atoms with van der Waals surface area (Å²) in [6.07, 6.45) is 1.12. The number of hydrogen-bond donors (Lipinski definition) is 1. The number of thiophene rings is 1. The van der Waals surface area contributed by atoms with Gasteiger partial charge in [0.2, 0.25) is 5.91 Å². The standard InChI is InChI=1S/C25H35FN2O4S/c1-4-11-27(14-20(29)16-31-18(2)3)15-25(30)28-12-9-24-22(10-13-33-24)23(28)17-32-21-7-5-19(26)6-8-21/h5-8,10,13,18,20,23,29H,4,9,11-12,14-17H2,1-3H3/t20-,23+/m0/s1. The molecule has 2 aromatic rings. The molecule has 1 aliphatic rings. The van der Waals surface area contributed by atoms with Crippen LogP contribution >= 0.6 is 11.3 Å². The van der Waals surface area contributed by atoms with Crippen LogP contribution in [0.25, 0.3) is 0 Å². The molecule has 2 atom stereocenters. The minimum absolute atomic E-state index is 0.0185. The number of halogens is 1. The molecule has 33 heavy (non-hydrogen) atoms. The molecule has 1 aliphatic heterocycles. The highest BCUT2D eigenvalue weighted by atomic mass is 32.1. The maximum absolute atomic E-state index is 13.4. The molecule has 6 nitrogen and oxygen atoms in total. The molecule has 0 unspecified atom stereocenters. The summed E-state index contributed by atoms with van der Waals surface area (Å²) < 4.78 is 24.7. The molecule has 0 spiro atoms. The zero-order chi connectivity index (χ0) is 23.8. The molecule has 0 radical (unpaired) electrons. The number of amides is 1. The molecule has 0 saturated heterocycles. The lowest BCUT2D eigenvalue weighted by molar-refractivity contribution is -0.136. The third-order valence-electron chi connectivity index (χ3n) is 5.63. The molecular weight excluding hydrogens is 443 g/mol. The van der Waals surface area contributed by atoms with Crippen molar-refractivity contribution >= 4 is 17.2 Å². The van der Waals surface area contributed by atoms with Gasteiger partial charge in [0.15, 0.2) is 0 Å². The van der Waals surface area contributed by atoms with Crippen LogP contribution in [0.15, 0.2) is 35.7 Å². The Morgan fingerprint density at radius 1 is 1.30 bits per heavy atom. The van der Waals surface area contributed by atoms with E-state index in [0.29, 0.717) is 25.4 Å². The van der Waals surface area contributed by atoms with Crippen LogP contribution in [0.5, 0.6) is 5.75 Å². The van der Waals surface area contributed by atoms with E-state index in [-0.39, 0.29) is 37.0 Å². The summed E-state index contributed by atoms with van der Waals surface area (Å²) in [7, 11) is 0. The zero-order valence-corrected chi connectivity index (χ0v) is 20.5. The van der Waals surface area contributed by atoms with Gasteiger partial charge in [0.05, 0.1) is 31.4 Å². The van der Waals surface area contributed by atoms with Crippen LogP contribution in [0.2, 0.25) is 0 Å². The minimum Gasteiger partial charge on any atom is -0.491 e. The van der Waals surface area contributed by atoms with Crippen LogP contribution in [-0.4, -0.2) is 72.4 Å². The first-order chi connectivity index (χ1) is 15.9. The van der Waals surface area contributed by atoms with Crippen molar-refractivity contribution in [2.75, 3.05) is 39.4 Å².